The minimum Gasteiger partial charge on any atom is -0.322 e. The molecule has 0 aliphatic carbocycles. The van der Waals surface area contributed by atoms with Crippen molar-refractivity contribution in [3.8, 4) is 0 Å². The first-order valence-corrected chi connectivity index (χ1v) is 10.4. The zero-order valence-corrected chi connectivity index (χ0v) is 16.2. The molecule has 0 spiro atoms. The molecule has 2 atom stereocenters. The van der Waals surface area contributed by atoms with Crippen molar-refractivity contribution in [3.63, 3.8) is 0 Å². The number of nitrogens with one attached hydrogen (secondary N) is 2. The highest BCUT2D eigenvalue weighted by Gasteiger charge is 2.41. The van der Waals surface area contributed by atoms with Gasteiger partial charge in [0.1, 0.15) is 6.04 Å². The minimum absolute atomic E-state index is 0.271. The SMILES string of the molecule is CN1[C@@H](C(=O)Nc2c(Cl)cccc2Cl)C[C@@H](c2cccs2)NS1(=O)=O. The maximum absolute atomic E-state index is 12.7. The van der Waals surface area contributed by atoms with Crippen LogP contribution < -0.4 is 10.0 Å². The first-order valence-electron chi connectivity index (χ1n) is 7.33. The van der Waals surface area contributed by atoms with Crippen LogP contribution in [0.1, 0.15) is 17.3 Å². The van der Waals surface area contributed by atoms with Gasteiger partial charge in [-0.1, -0.05) is 35.3 Å². The Hall–Kier alpha value is -1.16. The van der Waals surface area contributed by atoms with Gasteiger partial charge in [-0.05, 0) is 30.0 Å². The number of likely N-dealkylation sites (N-methyl/N-ethyl adjacent to an activating group) is 1. The molecule has 0 radical (unpaired) electrons. The zero-order valence-electron chi connectivity index (χ0n) is 13.1. The maximum atomic E-state index is 12.7. The lowest BCUT2D eigenvalue weighted by atomic mass is 10.1. The van der Waals surface area contributed by atoms with Crippen LogP contribution in [0.3, 0.4) is 0 Å². The lowest BCUT2D eigenvalue weighted by Gasteiger charge is -2.35. The van der Waals surface area contributed by atoms with Crippen LogP contribution in [-0.4, -0.2) is 31.7 Å². The van der Waals surface area contributed by atoms with Crippen molar-refractivity contribution < 1.29 is 13.2 Å². The molecule has 6 nitrogen and oxygen atoms in total. The van der Waals surface area contributed by atoms with Crippen molar-refractivity contribution in [2.24, 2.45) is 0 Å². The summed E-state index contributed by atoms with van der Waals surface area (Å²) in [5, 5.41) is 5.08. The van der Waals surface area contributed by atoms with E-state index in [-0.39, 0.29) is 15.7 Å². The van der Waals surface area contributed by atoms with Gasteiger partial charge in [0, 0.05) is 11.9 Å². The van der Waals surface area contributed by atoms with E-state index in [1.165, 1.54) is 18.4 Å². The molecule has 1 aliphatic rings. The normalized spacial score (nSPS) is 23.3. The standard InChI is InChI=1S/C15H15Cl2N3O3S2/c1-20-12(15(21)18-14-9(16)4-2-5-10(14)17)8-11(19-25(20,22)23)13-6-3-7-24-13/h2-7,11-12,19H,8H2,1H3,(H,18,21)/t11-,12+/m0/s1. The van der Waals surface area contributed by atoms with Crippen LogP contribution in [-0.2, 0) is 15.0 Å². The van der Waals surface area contributed by atoms with Gasteiger partial charge in [0.25, 0.3) is 10.2 Å². The number of halogens is 2. The predicted octanol–water partition coefficient (Wildman–Crippen LogP) is 3.27. The number of rotatable bonds is 3. The molecule has 25 heavy (non-hydrogen) atoms. The molecule has 10 heteroatoms. The van der Waals surface area contributed by atoms with Gasteiger partial charge < -0.3 is 5.32 Å². The van der Waals surface area contributed by atoms with E-state index < -0.39 is 28.2 Å². The number of hydrogen-bond donors (Lipinski definition) is 2. The van der Waals surface area contributed by atoms with Crippen molar-refractivity contribution in [3.05, 3.63) is 50.6 Å². The number of para-hydroxylation sites is 1. The second kappa shape index (κ2) is 7.22. The Morgan fingerprint density at radius 1 is 1.28 bits per heavy atom. The molecule has 2 N–H and O–H groups in total. The summed E-state index contributed by atoms with van der Waals surface area (Å²) in [4.78, 5) is 13.6. The quantitative estimate of drug-likeness (QED) is 0.800. The van der Waals surface area contributed by atoms with Crippen molar-refractivity contribution in [2.45, 2.75) is 18.5 Å². The number of carbonyl (C=O) groups is 1. The second-order valence-corrected chi connectivity index (χ2v) is 9.10. The Bertz CT molecular complexity index is 867. The van der Waals surface area contributed by atoms with Gasteiger partial charge in [0.2, 0.25) is 5.91 Å². The van der Waals surface area contributed by atoms with E-state index in [2.05, 4.69) is 10.0 Å². The highest BCUT2D eigenvalue weighted by Crippen LogP contribution is 2.33. The number of carbonyl (C=O) groups excluding carboxylic acids is 1. The largest absolute Gasteiger partial charge is 0.322 e. The number of hydrogen-bond acceptors (Lipinski definition) is 4. The number of benzene rings is 1. The van der Waals surface area contributed by atoms with Crippen LogP contribution in [0.25, 0.3) is 0 Å². The zero-order chi connectivity index (χ0) is 18.2. The summed E-state index contributed by atoms with van der Waals surface area (Å²) in [6.45, 7) is 0. The third-order valence-electron chi connectivity index (χ3n) is 3.97. The van der Waals surface area contributed by atoms with E-state index in [9.17, 15) is 13.2 Å². The fourth-order valence-corrected chi connectivity index (χ4v) is 5.23. The number of amides is 1. The third kappa shape index (κ3) is 3.84. The van der Waals surface area contributed by atoms with Gasteiger partial charge in [0.15, 0.2) is 0 Å². The van der Waals surface area contributed by atoms with Crippen LogP contribution in [0.4, 0.5) is 5.69 Å². The molecule has 1 amide bonds. The number of thiophene rings is 1. The Balaban J connectivity index is 1.87. The molecule has 0 bridgehead atoms. The van der Waals surface area contributed by atoms with Gasteiger partial charge in [-0.25, -0.2) is 0 Å². The molecule has 0 unspecified atom stereocenters. The Labute approximate surface area is 159 Å². The van der Waals surface area contributed by atoms with E-state index in [0.717, 1.165) is 9.18 Å². The van der Waals surface area contributed by atoms with Crippen LogP contribution >= 0.6 is 34.5 Å². The minimum atomic E-state index is -3.78. The average molecular weight is 420 g/mol. The first-order chi connectivity index (χ1) is 11.8. The summed E-state index contributed by atoms with van der Waals surface area (Å²) in [5.74, 6) is -0.482. The Morgan fingerprint density at radius 3 is 2.56 bits per heavy atom. The molecule has 1 aromatic carbocycles. The Kier molecular flexibility index (Phi) is 5.38. The van der Waals surface area contributed by atoms with Crippen molar-refractivity contribution in [1.82, 2.24) is 9.03 Å². The highest BCUT2D eigenvalue weighted by molar-refractivity contribution is 7.87. The molecule has 1 saturated heterocycles. The summed E-state index contributed by atoms with van der Waals surface area (Å²) < 4.78 is 28.4. The van der Waals surface area contributed by atoms with Gasteiger partial charge >= 0.3 is 0 Å². The van der Waals surface area contributed by atoms with E-state index in [1.54, 1.807) is 18.2 Å². The molecular weight excluding hydrogens is 405 g/mol. The summed E-state index contributed by atoms with van der Waals surface area (Å²) in [6, 6.07) is 7.19. The lowest BCUT2D eigenvalue weighted by molar-refractivity contribution is -0.120. The van der Waals surface area contributed by atoms with Gasteiger partial charge in [0.05, 0.1) is 21.8 Å². The van der Waals surface area contributed by atoms with E-state index >= 15 is 0 Å². The fourth-order valence-electron chi connectivity index (χ4n) is 2.61. The average Bonchev–Trinajstić information content (AvgIpc) is 3.07. The van der Waals surface area contributed by atoms with Crippen LogP contribution in [0.5, 0.6) is 0 Å². The lowest BCUT2D eigenvalue weighted by Crippen LogP contribution is -2.55. The van der Waals surface area contributed by atoms with Crippen LogP contribution in [0.2, 0.25) is 10.0 Å². The number of nitrogens with zero attached hydrogens (tertiary/aromatic N) is 1. The molecule has 1 fully saturated rings. The summed E-state index contributed by atoms with van der Waals surface area (Å²) >= 11 is 13.6. The van der Waals surface area contributed by atoms with Gasteiger partial charge in [-0.15, -0.1) is 11.3 Å². The van der Waals surface area contributed by atoms with Crippen LogP contribution in [0.15, 0.2) is 35.7 Å². The topological polar surface area (TPSA) is 78.5 Å². The third-order valence-corrected chi connectivity index (χ3v) is 7.18. The molecule has 2 heterocycles. The molecule has 134 valence electrons. The Morgan fingerprint density at radius 2 is 1.96 bits per heavy atom. The van der Waals surface area contributed by atoms with E-state index in [0.29, 0.717) is 6.42 Å². The molecular formula is C15H15Cl2N3O3S2. The molecule has 0 saturated carbocycles. The van der Waals surface area contributed by atoms with Crippen molar-refractivity contribution in [1.29, 1.82) is 0 Å². The predicted molar refractivity (Wildman–Crippen MR) is 100 cm³/mol. The summed E-state index contributed by atoms with van der Waals surface area (Å²) in [5.41, 5.74) is 0.271. The van der Waals surface area contributed by atoms with Gasteiger partial charge in [-0.2, -0.15) is 17.4 Å². The van der Waals surface area contributed by atoms with E-state index in [1.807, 2.05) is 17.5 Å². The van der Waals surface area contributed by atoms with Gasteiger partial charge in [-0.3, -0.25) is 4.79 Å². The maximum Gasteiger partial charge on any atom is 0.280 e. The molecule has 1 aliphatic heterocycles. The van der Waals surface area contributed by atoms with Crippen molar-refractivity contribution >= 4 is 56.3 Å². The fraction of sp³-hybridized carbons (Fsp3) is 0.267. The summed E-state index contributed by atoms with van der Waals surface area (Å²) in [7, 11) is -2.41. The monoisotopic (exact) mass is 419 g/mol. The molecule has 1 aromatic heterocycles. The van der Waals surface area contributed by atoms with E-state index in [4.69, 9.17) is 23.2 Å². The number of anilines is 1. The molecule has 3 rings (SSSR count). The second-order valence-electron chi connectivity index (χ2n) is 5.54. The van der Waals surface area contributed by atoms with Crippen molar-refractivity contribution in [2.75, 3.05) is 12.4 Å². The first kappa shape index (κ1) is 18.6. The summed E-state index contributed by atoms with van der Waals surface area (Å²) in [6.07, 6.45) is 0.296. The smallest absolute Gasteiger partial charge is 0.280 e. The molecule has 2 aromatic rings. The highest BCUT2D eigenvalue weighted by atomic mass is 35.5. The van der Waals surface area contributed by atoms with Crippen LogP contribution in [0, 0.1) is 0 Å².